The number of aromatic nitrogens is 4. The number of anilines is 1. The molecule has 12 rings (SSSR count). The van der Waals surface area contributed by atoms with E-state index in [9.17, 15) is 9.59 Å². The SMILES string of the molecule is CO[C@@H](C)c1ncc(N2CCN(C3CC3)CC2)cc1-c1c2c3cc(ccc3n1CCOC1CCOCC1)-c1csc(n1)[C@@H](N1CCC1)[C@H](NC(=O)[C@@H]1[C@@H](C)[C@H]1c1ccccn1)C(=O)N1CCC[C@H](N1)C(=O)OCC(C)(C)C2. The second kappa shape index (κ2) is 22.1. The number of amides is 2. The number of hydrazine groups is 1. The molecule has 17 nitrogen and oxygen atoms in total. The number of carbonyl (C=O) groups is 3. The number of rotatable bonds is 13. The van der Waals surface area contributed by atoms with E-state index in [0.29, 0.717) is 52.2 Å². The number of hydrogen-bond acceptors (Lipinski definition) is 15. The second-order valence-corrected chi connectivity index (χ2v) is 24.4. The first-order valence-electron chi connectivity index (χ1n) is 28.4. The fourth-order valence-electron chi connectivity index (χ4n) is 12.8. The molecule has 0 spiro atoms. The standard InChI is InChI=1S/C59H76N10O7S/c1-36-49(45-10-6-7-18-60-45)50(36)55(70)63-52-54(67-19-9-20-67)56-62-47(34-77-56)38-12-15-48-42(30-38)44(32-59(3,4)35-76-58(72)46-11-8-21-69(64-46)57(52)71)53(68(48)26-29-75-41-16-27-74-28-17-41)43-31-40(33-61-51(43)37(2)73-5)66-24-22-65(23-25-66)39-13-14-39/h6-7,10,12,15,18,30-31,33-34,36-37,39,41,46,49-50,52,54,64H,8-9,11,13-14,16-17,19-29,32,35H2,1-5H3,(H,63,70)/t36-,37-,46-,49-,50+,52-,54-/m0/s1. The van der Waals surface area contributed by atoms with E-state index in [4.69, 9.17) is 28.9 Å². The third kappa shape index (κ3) is 10.8. The molecule has 410 valence electrons. The smallest absolute Gasteiger partial charge is 0.324 e. The van der Waals surface area contributed by atoms with Crippen LogP contribution in [0.15, 0.2) is 60.2 Å². The van der Waals surface area contributed by atoms with Crippen molar-refractivity contribution in [3.8, 4) is 22.5 Å². The molecule has 0 unspecified atom stereocenters. The molecule has 7 atom stereocenters. The summed E-state index contributed by atoms with van der Waals surface area (Å²) in [5.41, 5.74) is 11.6. The van der Waals surface area contributed by atoms with Crippen molar-refractivity contribution in [3.05, 3.63) is 82.2 Å². The minimum atomic E-state index is -0.983. The summed E-state index contributed by atoms with van der Waals surface area (Å²) in [6.45, 7) is 16.9. The zero-order valence-corrected chi connectivity index (χ0v) is 46.3. The summed E-state index contributed by atoms with van der Waals surface area (Å²) in [5.74, 6) is -1.21. The number of cyclic esters (lactones) is 1. The van der Waals surface area contributed by atoms with Crippen molar-refractivity contribution >= 4 is 45.7 Å². The molecule has 2 N–H and O–H groups in total. The van der Waals surface area contributed by atoms with Crippen molar-refractivity contribution in [2.45, 2.75) is 128 Å². The Bertz CT molecular complexity index is 2940. The van der Waals surface area contributed by atoms with Crippen LogP contribution in [0.4, 0.5) is 5.69 Å². The maximum absolute atomic E-state index is 15.2. The zero-order chi connectivity index (χ0) is 53.0. The first-order valence-corrected chi connectivity index (χ1v) is 29.3. The van der Waals surface area contributed by atoms with Gasteiger partial charge in [-0.05, 0) is 100 Å². The van der Waals surface area contributed by atoms with E-state index in [2.05, 4.69) is 92.3 Å². The van der Waals surface area contributed by atoms with E-state index in [-0.39, 0.29) is 48.4 Å². The van der Waals surface area contributed by atoms with Crippen molar-refractivity contribution in [3.63, 3.8) is 0 Å². The normalized spacial score (nSPS) is 27.0. The molecule has 9 heterocycles. The fraction of sp³-hybridized carbons (Fsp3) is 0.593. The van der Waals surface area contributed by atoms with Gasteiger partial charge in [0, 0.05) is 135 Å². The summed E-state index contributed by atoms with van der Waals surface area (Å²) in [5, 5.41) is 8.78. The van der Waals surface area contributed by atoms with E-state index in [0.717, 1.165) is 126 Å². The number of esters is 1. The average molecular weight is 1070 g/mol. The highest BCUT2D eigenvalue weighted by atomic mass is 32.1. The number of thiazole rings is 1. The van der Waals surface area contributed by atoms with E-state index >= 15 is 4.79 Å². The number of piperazine rings is 1. The molecule has 4 aromatic heterocycles. The fourth-order valence-corrected chi connectivity index (χ4v) is 13.8. The monoisotopic (exact) mass is 1070 g/mol. The molecular weight excluding hydrogens is 993 g/mol. The number of ether oxygens (including phenoxy) is 4. The van der Waals surface area contributed by atoms with Gasteiger partial charge in [0.05, 0.1) is 60.4 Å². The number of likely N-dealkylation sites (tertiary alicyclic amines) is 1. The van der Waals surface area contributed by atoms with Crippen LogP contribution in [0.3, 0.4) is 0 Å². The third-order valence-electron chi connectivity index (χ3n) is 17.6. The first kappa shape index (κ1) is 52.4. The molecule has 5 aliphatic heterocycles. The number of nitrogens with one attached hydrogen (secondary N) is 2. The van der Waals surface area contributed by atoms with Crippen molar-refractivity contribution in [1.82, 2.24) is 45.1 Å². The maximum Gasteiger partial charge on any atom is 0.324 e. The molecule has 1 aromatic carbocycles. The van der Waals surface area contributed by atoms with E-state index < -0.39 is 29.5 Å². The lowest BCUT2D eigenvalue weighted by atomic mass is 9.84. The molecule has 2 saturated carbocycles. The highest BCUT2D eigenvalue weighted by Gasteiger charge is 2.55. The van der Waals surface area contributed by atoms with Crippen molar-refractivity contribution in [2.24, 2.45) is 17.3 Å². The highest BCUT2D eigenvalue weighted by Crippen LogP contribution is 2.53. The van der Waals surface area contributed by atoms with Crippen molar-refractivity contribution < 1.29 is 33.3 Å². The molecule has 6 bridgehead atoms. The Kier molecular flexibility index (Phi) is 15.0. The van der Waals surface area contributed by atoms with Crippen LogP contribution in [0, 0.1) is 17.3 Å². The molecule has 7 aliphatic rings. The van der Waals surface area contributed by atoms with Crippen LogP contribution in [0.2, 0.25) is 0 Å². The van der Waals surface area contributed by atoms with E-state index in [1.54, 1.807) is 18.3 Å². The largest absolute Gasteiger partial charge is 0.464 e. The minimum Gasteiger partial charge on any atom is -0.464 e. The van der Waals surface area contributed by atoms with Gasteiger partial charge in [0.2, 0.25) is 5.91 Å². The van der Waals surface area contributed by atoms with Gasteiger partial charge in [-0.1, -0.05) is 32.9 Å². The topological polar surface area (TPSA) is 169 Å². The van der Waals surface area contributed by atoms with Gasteiger partial charge in [0.1, 0.15) is 17.1 Å². The predicted molar refractivity (Wildman–Crippen MR) is 295 cm³/mol. The summed E-state index contributed by atoms with van der Waals surface area (Å²) in [4.78, 5) is 66.9. The number of methoxy groups -OCH3 is 1. The lowest BCUT2D eigenvalue weighted by molar-refractivity contribution is -0.156. The zero-order valence-electron chi connectivity index (χ0n) is 45.5. The van der Waals surface area contributed by atoms with Gasteiger partial charge in [-0.3, -0.25) is 39.2 Å². The Balaban J connectivity index is 0.982. The van der Waals surface area contributed by atoms with E-state index in [1.165, 1.54) is 24.2 Å². The minimum absolute atomic E-state index is 0.0476. The second-order valence-electron chi connectivity index (χ2n) is 23.5. The quantitative estimate of drug-likeness (QED) is 0.113. The number of carbonyl (C=O) groups excluding carboxylic acids is 3. The molecule has 2 aliphatic carbocycles. The number of fused-ring (bicyclic) bond motifs is 6. The number of nitrogens with zero attached hydrogens (tertiary/aromatic N) is 8. The molecule has 0 radical (unpaired) electrons. The molecule has 18 heteroatoms. The first-order chi connectivity index (χ1) is 37.4. The summed E-state index contributed by atoms with van der Waals surface area (Å²) >= 11 is 1.52. The van der Waals surface area contributed by atoms with E-state index in [1.807, 2.05) is 24.4 Å². The summed E-state index contributed by atoms with van der Waals surface area (Å²) in [7, 11) is 1.75. The van der Waals surface area contributed by atoms with Gasteiger partial charge >= 0.3 is 5.97 Å². The summed E-state index contributed by atoms with van der Waals surface area (Å²) in [6, 6.07) is 13.2. The van der Waals surface area contributed by atoms with Gasteiger partial charge in [0.25, 0.3) is 5.91 Å². The predicted octanol–water partition coefficient (Wildman–Crippen LogP) is 7.31. The van der Waals surface area contributed by atoms with Crippen LogP contribution in [-0.4, -0.2) is 156 Å². The molecule has 5 aromatic rings. The summed E-state index contributed by atoms with van der Waals surface area (Å²) in [6.07, 6.45) is 10.6. The number of pyridine rings is 2. The third-order valence-corrected chi connectivity index (χ3v) is 18.5. The Labute approximate surface area is 456 Å². The lowest BCUT2D eigenvalue weighted by Crippen LogP contribution is -2.63. The molecular formula is C59H76N10O7S. The van der Waals surface area contributed by atoms with Crippen LogP contribution < -0.4 is 15.6 Å². The Morgan fingerprint density at radius 1 is 0.961 bits per heavy atom. The van der Waals surface area contributed by atoms with Crippen LogP contribution in [0.25, 0.3) is 33.4 Å². The highest BCUT2D eigenvalue weighted by molar-refractivity contribution is 7.10. The van der Waals surface area contributed by atoms with Gasteiger partial charge in [-0.15, -0.1) is 11.3 Å². The Morgan fingerprint density at radius 3 is 2.52 bits per heavy atom. The molecule has 77 heavy (non-hydrogen) atoms. The van der Waals surface area contributed by atoms with Gasteiger partial charge in [-0.2, -0.15) is 0 Å². The molecule has 4 saturated heterocycles. The van der Waals surface area contributed by atoms with Crippen LogP contribution >= 0.6 is 11.3 Å². The Hall–Kier alpha value is -5.34. The number of benzene rings is 1. The number of hydrogen-bond donors (Lipinski definition) is 2. The van der Waals surface area contributed by atoms with Gasteiger partial charge in [-0.25, -0.2) is 10.4 Å². The van der Waals surface area contributed by atoms with Crippen molar-refractivity contribution in [2.75, 3.05) is 84.3 Å². The van der Waals surface area contributed by atoms with Crippen LogP contribution in [-0.2, 0) is 46.3 Å². The van der Waals surface area contributed by atoms with Crippen LogP contribution in [0.1, 0.15) is 113 Å². The van der Waals surface area contributed by atoms with Gasteiger partial charge < -0.3 is 33.7 Å². The molecule has 6 fully saturated rings. The molecule has 2 amide bonds. The average Bonchev–Trinajstić information content (AvgIpc) is 4.51. The van der Waals surface area contributed by atoms with Gasteiger partial charge in [0.15, 0.2) is 0 Å². The Morgan fingerprint density at radius 2 is 1.78 bits per heavy atom. The van der Waals surface area contributed by atoms with Crippen LogP contribution in [0.5, 0.6) is 0 Å². The maximum atomic E-state index is 15.2. The van der Waals surface area contributed by atoms with Crippen molar-refractivity contribution in [1.29, 1.82) is 0 Å². The summed E-state index contributed by atoms with van der Waals surface area (Å²) < 4.78 is 27.3. The lowest BCUT2D eigenvalue weighted by Gasteiger charge is -2.43.